The van der Waals surface area contributed by atoms with E-state index in [1.807, 2.05) is 37.3 Å². The van der Waals surface area contributed by atoms with Gasteiger partial charge in [0.15, 0.2) is 5.16 Å². The van der Waals surface area contributed by atoms with Crippen LogP contribution in [0.3, 0.4) is 0 Å². The van der Waals surface area contributed by atoms with Crippen molar-refractivity contribution in [1.82, 2.24) is 0 Å². The van der Waals surface area contributed by atoms with E-state index >= 15 is 0 Å². The Morgan fingerprint density at radius 1 is 1.06 bits per heavy atom. The van der Waals surface area contributed by atoms with E-state index in [4.69, 9.17) is 0 Å². The van der Waals surface area contributed by atoms with E-state index in [1.54, 1.807) is 24.3 Å². The van der Waals surface area contributed by atoms with Crippen LogP contribution in [0.2, 0.25) is 0 Å². The van der Waals surface area contributed by atoms with Crippen molar-refractivity contribution in [2.45, 2.75) is 11.8 Å². The molecule has 18 heavy (non-hydrogen) atoms. The molecule has 2 aromatic carbocycles. The summed E-state index contributed by atoms with van der Waals surface area (Å²) in [6.07, 6.45) is 1.30. The predicted molar refractivity (Wildman–Crippen MR) is 73.1 cm³/mol. The smallest absolute Gasteiger partial charge is 0.192 e. The summed E-state index contributed by atoms with van der Waals surface area (Å²) in [4.78, 5) is 0.477. The molecule has 0 aliphatic rings. The third kappa shape index (κ3) is 3.14. The Kier molecular flexibility index (Phi) is 4.05. The van der Waals surface area contributed by atoms with Gasteiger partial charge < -0.3 is 0 Å². The highest BCUT2D eigenvalue weighted by Crippen LogP contribution is 2.18. The van der Waals surface area contributed by atoms with E-state index in [-0.39, 0.29) is 0 Å². The lowest BCUT2D eigenvalue weighted by molar-refractivity contribution is 0.653. The van der Waals surface area contributed by atoms with Crippen LogP contribution >= 0.6 is 0 Å². The summed E-state index contributed by atoms with van der Waals surface area (Å²) >= 11 is 0. The average Bonchev–Trinajstić information content (AvgIpc) is 2.40. The number of rotatable bonds is 3. The summed E-state index contributed by atoms with van der Waals surface area (Å²) in [5.41, 5.74) is 1.76. The Morgan fingerprint density at radius 2 is 1.67 bits per heavy atom. The van der Waals surface area contributed by atoms with Gasteiger partial charge in [0.1, 0.15) is 10.8 Å². The molecule has 0 bridgehead atoms. The van der Waals surface area contributed by atoms with Gasteiger partial charge in [0, 0.05) is 4.90 Å². The van der Waals surface area contributed by atoms with Crippen molar-refractivity contribution in [1.29, 1.82) is 0 Å². The van der Waals surface area contributed by atoms with Gasteiger partial charge in [-0.05, 0) is 30.7 Å². The zero-order valence-corrected chi connectivity index (χ0v) is 10.8. The van der Waals surface area contributed by atoms with E-state index in [9.17, 15) is 8.60 Å². The highest BCUT2D eigenvalue weighted by atomic mass is 32.2. The van der Waals surface area contributed by atoms with E-state index < -0.39 is 16.0 Å². The molecule has 0 aliphatic carbocycles. The molecule has 2 rings (SSSR count). The summed E-state index contributed by atoms with van der Waals surface area (Å²) in [5.74, 6) is 0. The summed E-state index contributed by atoms with van der Waals surface area (Å²) in [5, 5.41) is -0.634. The van der Waals surface area contributed by atoms with Gasteiger partial charge in [0.05, 0.1) is 0 Å². The monoisotopic (exact) mass is 260 g/mol. The first-order valence-electron chi connectivity index (χ1n) is 5.57. The van der Waals surface area contributed by atoms with Gasteiger partial charge in [-0.2, -0.15) is 4.39 Å². The van der Waals surface area contributed by atoms with Crippen LogP contribution in [0, 0.1) is 6.92 Å². The molecule has 0 fully saturated rings. The lowest BCUT2D eigenvalue weighted by atomic mass is 10.2. The molecule has 0 heterocycles. The normalized spacial score (nSPS) is 13.3. The Labute approximate surface area is 108 Å². The fraction of sp³-hybridized carbons (Fsp3) is 0.0667. The standard InChI is InChI=1S/C15H13FOS/c1-12-7-9-14(10-8-12)18(17)15(16)11-13-5-3-2-4-6-13/h2-11H,1H3/b15-11-/t18-/m0/s1. The van der Waals surface area contributed by atoms with Gasteiger partial charge in [-0.1, -0.05) is 48.0 Å². The zero-order chi connectivity index (χ0) is 13.0. The third-order valence-corrected chi connectivity index (χ3v) is 3.66. The molecule has 1 atom stereocenters. The van der Waals surface area contributed by atoms with Crippen molar-refractivity contribution in [2.75, 3.05) is 0 Å². The summed E-state index contributed by atoms with van der Waals surface area (Å²) in [6, 6.07) is 16.0. The molecule has 0 saturated heterocycles. The molecule has 0 aromatic heterocycles. The van der Waals surface area contributed by atoms with Crippen molar-refractivity contribution in [3.05, 3.63) is 70.9 Å². The van der Waals surface area contributed by atoms with Gasteiger partial charge in [-0.15, -0.1) is 0 Å². The van der Waals surface area contributed by atoms with Crippen LogP contribution in [0.15, 0.2) is 64.7 Å². The maximum Gasteiger partial charge on any atom is 0.192 e. The molecule has 0 saturated carbocycles. The molecule has 0 spiro atoms. The second-order valence-corrected chi connectivity index (χ2v) is 5.34. The van der Waals surface area contributed by atoms with Crippen molar-refractivity contribution < 1.29 is 8.60 Å². The number of benzene rings is 2. The van der Waals surface area contributed by atoms with Crippen molar-refractivity contribution in [3.63, 3.8) is 0 Å². The van der Waals surface area contributed by atoms with E-state index in [1.165, 1.54) is 6.08 Å². The highest BCUT2D eigenvalue weighted by molar-refractivity contribution is 7.89. The van der Waals surface area contributed by atoms with Gasteiger partial charge in [-0.25, -0.2) is 4.21 Å². The van der Waals surface area contributed by atoms with E-state index in [0.29, 0.717) is 10.5 Å². The van der Waals surface area contributed by atoms with Crippen LogP contribution in [0.4, 0.5) is 4.39 Å². The number of aryl methyl sites for hydroxylation is 1. The lowest BCUT2D eigenvalue weighted by Gasteiger charge is -2.00. The van der Waals surface area contributed by atoms with Crippen molar-refractivity contribution in [3.8, 4) is 0 Å². The molecule has 0 unspecified atom stereocenters. The van der Waals surface area contributed by atoms with Gasteiger partial charge in [0.2, 0.25) is 0 Å². The Hall–Kier alpha value is -1.74. The maximum absolute atomic E-state index is 13.8. The minimum atomic E-state index is -1.74. The molecular formula is C15H13FOS. The fourth-order valence-corrected chi connectivity index (χ4v) is 2.36. The first-order chi connectivity index (χ1) is 8.66. The van der Waals surface area contributed by atoms with E-state index in [0.717, 1.165) is 5.56 Å². The predicted octanol–water partition coefficient (Wildman–Crippen LogP) is 4.07. The molecule has 2 aromatic rings. The number of hydrogen-bond donors (Lipinski definition) is 0. The minimum absolute atomic E-state index is 0.477. The first-order valence-corrected chi connectivity index (χ1v) is 6.72. The molecule has 0 N–H and O–H groups in total. The fourth-order valence-electron chi connectivity index (χ4n) is 1.51. The topological polar surface area (TPSA) is 17.1 Å². The average molecular weight is 260 g/mol. The largest absolute Gasteiger partial charge is 0.247 e. The van der Waals surface area contributed by atoms with Crippen LogP contribution in [-0.2, 0) is 10.8 Å². The van der Waals surface area contributed by atoms with Crippen molar-refractivity contribution in [2.24, 2.45) is 0 Å². The van der Waals surface area contributed by atoms with Gasteiger partial charge in [0.25, 0.3) is 0 Å². The number of halogens is 1. The van der Waals surface area contributed by atoms with Crippen LogP contribution in [0.25, 0.3) is 6.08 Å². The minimum Gasteiger partial charge on any atom is -0.247 e. The second kappa shape index (κ2) is 5.74. The maximum atomic E-state index is 13.8. The molecule has 0 amide bonds. The van der Waals surface area contributed by atoms with Crippen molar-refractivity contribution >= 4 is 16.9 Å². The molecule has 3 heteroatoms. The Morgan fingerprint density at radius 3 is 2.28 bits per heavy atom. The lowest BCUT2D eigenvalue weighted by Crippen LogP contribution is -1.91. The summed E-state index contributed by atoms with van der Waals surface area (Å²) in [7, 11) is -1.74. The SMILES string of the molecule is Cc1ccc([S@](=O)/C(F)=C\c2ccccc2)cc1. The first kappa shape index (κ1) is 12.7. The molecule has 1 nitrogen and oxygen atoms in total. The van der Waals surface area contributed by atoms with Crippen LogP contribution in [0.5, 0.6) is 0 Å². The quantitative estimate of drug-likeness (QED) is 0.813. The summed E-state index contributed by atoms with van der Waals surface area (Å²) in [6.45, 7) is 1.93. The van der Waals surface area contributed by atoms with Crippen LogP contribution < -0.4 is 0 Å². The molecule has 92 valence electrons. The highest BCUT2D eigenvalue weighted by Gasteiger charge is 2.09. The molecule has 0 radical (unpaired) electrons. The molecular weight excluding hydrogens is 247 g/mol. The van der Waals surface area contributed by atoms with E-state index in [2.05, 4.69) is 0 Å². The zero-order valence-electron chi connectivity index (χ0n) is 9.97. The Bertz CT molecular complexity index is 573. The number of hydrogen-bond acceptors (Lipinski definition) is 1. The van der Waals surface area contributed by atoms with Gasteiger partial charge in [-0.3, -0.25) is 0 Å². The Balaban J connectivity index is 2.24. The second-order valence-electron chi connectivity index (χ2n) is 3.94. The van der Waals surface area contributed by atoms with Gasteiger partial charge >= 0.3 is 0 Å². The third-order valence-electron chi connectivity index (χ3n) is 2.49. The molecule has 0 aliphatic heterocycles. The summed E-state index contributed by atoms with van der Waals surface area (Å²) < 4.78 is 25.8. The van der Waals surface area contributed by atoms with Crippen LogP contribution in [0.1, 0.15) is 11.1 Å². The van der Waals surface area contributed by atoms with Crippen LogP contribution in [-0.4, -0.2) is 4.21 Å².